The molecule has 1 N–H and O–H groups in total. The molecule has 16 heavy (non-hydrogen) atoms. The molecule has 2 aromatic heterocycles. The molecule has 82 valence electrons. The number of hydrogen-bond acceptors (Lipinski definition) is 3. The number of fused-ring (bicyclic) bond motifs is 1. The number of nitrogens with zero attached hydrogens (tertiary/aromatic N) is 2. The second kappa shape index (κ2) is 3.61. The van der Waals surface area contributed by atoms with Gasteiger partial charge in [-0.3, -0.25) is 4.79 Å². The van der Waals surface area contributed by atoms with Crippen LogP contribution in [0.1, 0.15) is 10.4 Å². The minimum atomic E-state index is -0.0925. The summed E-state index contributed by atoms with van der Waals surface area (Å²) >= 11 is 0. The van der Waals surface area contributed by atoms with E-state index in [1.807, 2.05) is 22.9 Å². The van der Waals surface area contributed by atoms with E-state index in [-0.39, 0.29) is 11.9 Å². The molecule has 0 saturated carbocycles. The summed E-state index contributed by atoms with van der Waals surface area (Å²) in [4.78, 5) is 16.1. The van der Waals surface area contributed by atoms with E-state index in [0.717, 1.165) is 0 Å². The van der Waals surface area contributed by atoms with Crippen molar-refractivity contribution in [1.82, 2.24) is 14.7 Å². The SMILES string of the molecule is O=C(NC1COC1)c1cccn2ccnc12. The Bertz CT molecular complexity index is 531. The molecule has 5 nitrogen and oxygen atoms in total. The van der Waals surface area contributed by atoms with Gasteiger partial charge in [0.05, 0.1) is 24.8 Å². The van der Waals surface area contributed by atoms with Crippen LogP contribution in [0.5, 0.6) is 0 Å². The molecule has 0 spiro atoms. The normalized spacial score (nSPS) is 16.0. The number of ether oxygens (including phenoxy) is 1. The third-order valence-corrected chi connectivity index (χ3v) is 2.64. The van der Waals surface area contributed by atoms with Crippen LogP contribution in [0.4, 0.5) is 0 Å². The highest BCUT2D eigenvalue weighted by Crippen LogP contribution is 2.09. The first-order valence-electron chi connectivity index (χ1n) is 5.15. The molecule has 5 heteroatoms. The van der Waals surface area contributed by atoms with E-state index in [9.17, 15) is 4.79 Å². The summed E-state index contributed by atoms with van der Waals surface area (Å²) in [5, 5.41) is 2.90. The fourth-order valence-electron chi connectivity index (χ4n) is 1.71. The maximum Gasteiger partial charge on any atom is 0.255 e. The Kier molecular flexibility index (Phi) is 2.11. The molecule has 0 aliphatic carbocycles. The number of rotatable bonds is 2. The number of hydrogen-bond donors (Lipinski definition) is 1. The van der Waals surface area contributed by atoms with Crippen molar-refractivity contribution in [3.63, 3.8) is 0 Å². The minimum absolute atomic E-state index is 0.0925. The standard InChI is InChI=1S/C11H11N3O2/c15-11(13-8-6-16-7-8)9-2-1-4-14-5-3-12-10(9)14/h1-5,8H,6-7H2,(H,13,15). The summed E-state index contributed by atoms with van der Waals surface area (Å²) in [5.74, 6) is -0.0925. The third-order valence-electron chi connectivity index (χ3n) is 2.64. The molecule has 3 rings (SSSR count). The van der Waals surface area contributed by atoms with Crippen LogP contribution in [0.3, 0.4) is 0 Å². The van der Waals surface area contributed by atoms with Crippen molar-refractivity contribution in [2.45, 2.75) is 6.04 Å². The summed E-state index contributed by atoms with van der Waals surface area (Å²) < 4.78 is 6.83. The highest BCUT2D eigenvalue weighted by molar-refractivity contribution is 5.99. The molecule has 1 amide bonds. The Morgan fingerprint density at radius 2 is 2.38 bits per heavy atom. The summed E-state index contributed by atoms with van der Waals surface area (Å²) in [6.07, 6.45) is 5.36. The van der Waals surface area contributed by atoms with Crippen molar-refractivity contribution in [1.29, 1.82) is 0 Å². The van der Waals surface area contributed by atoms with Gasteiger partial charge in [0.2, 0.25) is 0 Å². The van der Waals surface area contributed by atoms with Gasteiger partial charge in [0.25, 0.3) is 5.91 Å². The van der Waals surface area contributed by atoms with Gasteiger partial charge < -0.3 is 14.5 Å². The van der Waals surface area contributed by atoms with Crippen LogP contribution in [0.25, 0.3) is 5.65 Å². The molecule has 3 heterocycles. The molecule has 0 radical (unpaired) electrons. The first kappa shape index (κ1) is 9.35. The van der Waals surface area contributed by atoms with Crippen molar-refractivity contribution in [2.24, 2.45) is 0 Å². The molecule has 0 atom stereocenters. The lowest BCUT2D eigenvalue weighted by atomic mass is 10.2. The monoisotopic (exact) mass is 217 g/mol. The zero-order chi connectivity index (χ0) is 11.0. The zero-order valence-corrected chi connectivity index (χ0v) is 8.59. The molecule has 1 fully saturated rings. The van der Waals surface area contributed by atoms with Crippen molar-refractivity contribution in [2.75, 3.05) is 13.2 Å². The van der Waals surface area contributed by atoms with Gasteiger partial charge in [0.15, 0.2) is 0 Å². The second-order valence-electron chi connectivity index (χ2n) is 3.79. The smallest absolute Gasteiger partial charge is 0.255 e. The Morgan fingerprint density at radius 3 is 3.12 bits per heavy atom. The van der Waals surface area contributed by atoms with Crippen LogP contribution in [0, 0.1) is 0 Å². The lowest BCUT2D eigenvalue weighted by Gasteiger charge is -2.26. The van der Waals surface area contributed by atoms with E-state index in [1.54, 1.807) is 12.3 Å². The number of aromatic nitrogens is 2. The van der Waals surface area contributed by atoms with Crippen LogP contribution in [-0.2, 0) is 4.74 Å². The Hall–Kier alpha value is -1.88. The van der Waals surface area contributed by atoms with Crippen LogP contribution >= 0.6 is 0 Å². The van der Waals surface area contributed by atoms with Crippen molar-refractivity contribution < 1.29 is 9.53 Å². The van der Waals surface area contributed by atoms with Gasteiger partial charge in [-0.25, -0.2) is 4.98 Å². The van der Waals surface area contributed by atoms with Crippen molar-refractivity contribution >= 4 is 11.6 Å². The van der Waals surface area contributed by atoms with Gasteiger partial charge in [-0.1, -0.05) is 0 Å². The quantitative estimate of drug-likeness (QED) is 0.795. The first-order valence-corrected chi connectivity index (χ1v) is 5.15. The highest BCUT2D eigenvalue weighted by Gasteiger charge is 2.22. The Balaban J connectivity index is 1.91. The number of carbonyl (C=O) groups excluding carboxylic acids is 1. The van der Waals surface area contributed by atoms with Crippen LogP contribution < -0.4 is 5.32 Å². The average molecular weight is 217 g/mol. The van der Waals surface area contributed by atoms with Crippen molar-refractivity contribution in [3.8, 4) is 0 Å². The van der Waals surface area contributed by atoms with Gasteiger partial charge in [-0.2, -0.15) is 0 Å². The number of nitrogens with one attached hydrogen (secondary N) is 1. The van der Waals surface area contributed by atoms with E-state index in [1.165, 1.54) is 0 Å². The number of imidazole rings is 1. The number of amides is 1. The molecule has 1 saturated heterocycles. The van der Waals surface area contributed by atoms with E-state index >= 15 is 0 Å². The zero-order valence-electron chi connectivity index (χ0n) is 8.59. The maximum absolute atomic E-state index is 11.9. The molecular formula is C11H11N3O2. The maximum atomic E-state index is 11.9. The van der Waals surface area contributed by atoms with Gasteiger partial charge in [0.1, 0.15) is 5.65 Å². The van der Waals surface area contributed by atoms with Crippen LogP contribution in [0.15, 0.2) is 30.7 Å². The molecule has 1 aliphatic heterocycles. The molecule has 0 aromatic carbocycles. The summed E-state index contributed by atoms with van der Waals surface area (Å²) in [6, 6.07) is 3.75. The number of pyridine rings is 1. The Labute approximate surface area is 92.0 Å². The topological polar surface area (TPSA) is 55.6 Å². The number of carbonyl (C=O) groups is 1. The minimum Gasteiger partial charge on any atom is -0.377 e. The fourth-order valence-corrected chi connectivity index (χ4v) is 1.71. The van der Waals surface area contributed by atoms with Crippen LogP contribution in [-0.4, -0.2) is 34.5 Å². The summed E-state index contributed by atoms with van der Waals surface area (Å²) in [7, 11) is 0. The largest absolute Gasteiger partial charge is 0.377 e. The van der Waals surface area contributed by atoms with E-state index in [4.69, 9.17) is 4.74 Å². The van der Waals surface area contributed by atoms with E-state index < -0.39 is 0 Å². The average Bonchev–Trinajstić information content (AvgIpc) is 2.70. The summed E-state index contributed by atoms with van der Waals surface area (Å²) in [5.41, 5.74) is 1.28. The van der Waals surface area contributed by atoms with Gasteiger partial charge in [-0.15, -0.1) is 0 Å². The first-order chi connectivity index (χ1) is 7.84. The highest BCUT2D eigenvalue weighted by atomic mass is 16.5. The second-order valence-corrected chi connectivity index (χ2v) is 3.79. The molecule has 2 aromatic rings. The van der Waals surface area contributed by atoms with Gasteiger partial charge in [-0.05, 0) is 12.1 Å². The fraction of sp³-hybridized carbons (Fsp3) is 0.273. The Morgan fingerprint density at radius 1 is 1.50 bits per heavy atom. The van der Waals surface area contributed by atoms with Crippen molar-refractivity contribution in [3.05, 3.63) is 36.3 Å². The third kappa shape index (κ3) is 1.45. The lowest BCUT2D eigenvalue weighted by molar-refractivity contribution is -0.00344. The van der Waals surface area contributed by atoms with Gasteiger partial charge >= 0.3 is 0 Å². The van der Waals surface area contributed by atoms with E-state index in [2.05, 4.69) is 10.3 Å². The molecule has 0 unspecified atom stereocenters. The molecule has 0 bridgehead atoms. The lowest BCUT2D eigenvalue weighted by Crippen LogP contribution is -2.48. The molecular weight excluding hydrogens is 206 g/mol. The van der Waals surface area contributed by atoms with Crippen LogP contribution in [0.2, 0.25) is 0 Å². The summed E-state index contributed by atoms with van der Waals surface area (Å²) in [6.45, 7) is 1.20. The predicted molar refractivity (Wildman–Crippen MR) is 57.3 cm³/mol. The predicted octanol–water partition coefficient (Wildman–Crippen LogP) is 0.463. The van der Waals surface area contributed by atoms with E-state index in [0.29, 0.717) is 24.4 Å². The van der Waals surface area contributed by atoms with Gasteiger partial charge in [0, 0.05) is 18.6 Å². The molecule has 1 aliphatic rings.